The zero-order valence-electron chi connectivity index (χ0n) is 12.4. The van der Waals surface area contributed by atoms with E-state index in [0.29, 0.717) is 19.5 Å². The summed E-state index contributed by atoms with van der Waals surface area (Å²) in [5.41, 5.74) is 1.36. The number of hydrogen-bond acceptors (Lipinski definition) is 5. The fourth-order valence-electron chi connectivity index (χ4n) is 1.04. The molecule has 8 nitrogen and oxygen atoms in total. The van der Waals surface area contributed by atoms with E-state index in [0.717, 1.165) is 0 Å². The molecule has 0 heterocycles. The molecule has 0 radical (unpaired) electrons. The van der Waals surface area contributed by atoms with E-state index in [1.807, 2.05) is 5.48 Å². The second-order valence-electron chi connectivity index (χ2n) is 4.95. The first kappa shape index (κ1) is 18.2. The summed E-state index contributed by atoms with van der Waals surface area (Å²) in [6.07, 6.45) is -0.364. The van der Waals surface area contributed by atoms with E-state index in [1.54, 1.807) is 27.7 Å². The fraction of sp³-hybridized carbons (Fsp3) is 0.750. The van der Waals surface area contributed by atoms with Gasteiger partial charge < -0.3 is 15.4 Å². The van der Waals surface area contributed by atoms with Crippen molar-refractivity contribution >= 4 is 17.9 Å². The quantitative estimate of drug-likeness (QED) is 0.455. The van der Waals surface area contributed by atoms with Gasteiger partial charge in [-0.15, -0.1) is 0 Å². The second-order valence-corrected chi connectivity index (χ2v) is 4.95. The van der Waals surface area contributed by atoms with E-state index < -0.39 is 17.6 Å². The van der Waals surface area contributed by atoms with Crippen molar-refractivity contribution in [2.75, 3.05) is 19.7 Å². The molecule has 3 amide bonds. The van der Waals surface area contributed by atoms with Crippen LogP contribution in [0.5, 0.6) is 0 Å². The number of amides is 3. The van der Waals surface area contributed by atoms with Gasteiger partial charge in [0.05, 0.1) is 0 Å². The summed E-state index contributed by atoms with van der Waals surface area (Å²) in [6, 6.07) is 0. The third-order valence-electron chi connectivity index (χ3n) is 1.85. The highest BCUT2D eigenvalue weighted by atomic mass is 16.7. The van der Waals surface area contributed by atoms with Crippen LogP contribution in [-0.2, 0) is 19.2 Å². The van der Waals surface area contributed by atoms with Gasteiger partial charge in [-0.3, -0.25) is 14.4 Å². The largest absolute Gasteiger partial charge is 0.442 e. The molecule has 0 saturated carbocycles. The Kier molecular flexibility index (Phi) is 8.30. The lowest BCUT2D eigenvalue weighted by molar-refractivity contribution is -0.128. The van der Waals surface area contributed by atoms with Crippen molar-refractivity contribution in [1.82, 2.24) is 16.1 Å². The van der Waals surface area contributed by atoms with Gasteiger partial charge in [-0.2, -0.15) is 5.48 Å². The Labute approximate surface area is 118 Å². The molecule has 0 aromatic heterocycles. The molecule has 0 fully saturated rings. The lowest BCUT2D eigenvalue weighted by atomic mass is 10.2. The topological polar surface area (TPSA) is 106 Å². The third kappa shape index (κ3) is 11.3. The van der Waals surface area contributed by atoms with Gasteiger partial charge in [-0.25, -0.2) is 4.79 Å². The number of hydroxylamine groups is 1. The summed E-state index contributed by atoms with van der Waals surface area (Å²) >= 11 is 0. The molecular weight excluding hydrogens is 266 g/mol. The molecule has 116 valence electrons. The van der Waals surface area contributed by atoms with Crippen LogP contribution in [0.1, 0.15) is 34.1 Å². The van der Waals surface area contributed by atoms with Crippen LogP contribution in [0, 0.1) is 0 Å². The maximum absolute atomic E-state index is 11.3. The van der Waals surface area contributed by atoms with Gasteiger partial charge in [-0.1, -0.05) is 6.92 Å². The maximum Gasteiger partial charge on any atom is 0.431 e. The van der Waals surface area contributed by atoms with E-state index in [9.17, 15) is 14.4 Å². The van der Waals surface area contributed by atoms with Crippen molar-refractivity contribution < 1.29 is 24.0 Å². The first-order chi connectivity index (χ1) is 9.24. The first-order valence-corrected chi connectivity index (χ1v) is 6.38. The molecule has 20 heavy (non-hydrogen) atoms. The molecule has 0 aromatic carbocycles. The van der Waals surface area contributed by atoms with E-state index in [-0.39, 0.29) is 12.5 Å². The summed E-state index contributed by atoms with van der Waals surface area (Å²) in [7, 11) is 0. The third-order valence-corrected chi connectivity index (χ3v) is 1.85. The molecule has 0 rings (SSSR count). The van der Waals surface area contributed by atoms with Gasteiger partial charge in [0.1, 0.15) is 5.60 Å². The molecule has 0 aromatic rings. The second kappa shape index (κ2) is 9.13. The van der Waals surface area contributed by atoms with Crippen LogP contribution in [0.25, 0.3) is 0 Å². The van der Waals surface area contributed by atoms with Crippen LogP contribution in [0.4, 0.5) is 4.79 Å². The van der Waals surface area contributed by atoms with Crippen molar-refractivity contribution in [2.24, 2.45) is 0 Å². The zero-order valence-corrected chi connectivity index (χ0v) is 12.4. The molecule has 0 aliphatic rings. The molecule has 0 saturated heterocycles. The van der Waals surface area contributed by atoms with Crippen molar-refractivity contribution in [1.29, 1.82) is 0 Å². The van der Waals surface area contributed by atoms with Gasteiger partial charge in [0.2, 0.25) is 11.8 Å². The van der Waals surface area contributed by atoms with Gasteiger partial charge in [-0.05, 0) is 20.8 Å². The average molecular weight is 289 g/mol. The van der Waals surface area contributed by atoms with E-state index in [2.05, 4.69) is 15.5 Å². The SMILES string of the molecule is CCC(=O)NCCNC(=O)CONC(=O)OC(C)(C)C. The summed E-state index contributed by atoms with van der Waals surface area (Å²) in [5.74, 6) is -0.492. The summed E-state index contributed by atoms with van der Waals surface area (Å²) in [6.45, 7) is 7.18. The molecular formula is C12H23N3O5. The summed E-state index contributed by atoms with van der Waals surface area (Å²) in [4.78, 5) is 38.0. The number of hydrogen-bond donors (Lipinski definition) is 3. The van der Waals surface area contributed by atoms with Gasteiger partial charge >= 0.3 is 6.09 Å². The van der Waals surface area contributed by atoms with E-state index in [1.165, 1.54) is 0 Å². The van der Waals surface area contributed by atoms with Crippen LogP contribution in [0.15, 0.2) is 0 Å². The van der Waals surface area contributed by atoms with Crippen molar-refractivity contribution in [3.63, 3.8) is 0 Å². The first-order valence-electron chi connectivity index (χ1n) is 6.38. The summed E-state index contributed by atoms with van der Waals surface area (Å²) in [5, 5.41) is 5.12. The van der Waals surface area contributed by atoms with Gasteiger partial charge in [0, 0.05) is 19.5 Å². The Morgan fingerprint density at radius 1 is 1.00 bits per heavy atom. The smallest absolute Gasteiger partial charge is 0.431 e. The molecule has 0 spiro atoms. The minimum Gasteiger partial charge on any atom is -0.442 e. The Hall–Kier alpha value is -1.83. The molecule has 0 aliphatic heterocycles. The Bertz CT molecular complexity index is 338. The zero-order chi connectivity index (χ0) is 15.6. The Morgan fingerprint density at radius 2 is 1.55 bits per heavy atom. The highest BCUT2D eigenvalue weighted by Gasteiger charge is 2.16. The van der Waals surface area contributed by atoms with Gasteiger partial charge in [0.25, 0.3) is 0 Å². The number of rotatable bonds is 7. The predicted molar refractivity (Wildman–Crippen MR) is 71.6 cm³/mol. The molecule has 8 heteroatoms. The van der Waals surface area contributed by atoms with E-state index in [4.69, 9.17) is 4.74 Å². The Balaban J connectivity index is 3.59. The number of ether oxygens (including phenoxy) is 1. The minimum absolute atomic E-state index is 0.0814. The maximum atomic E-state index is 11.3. The average Bonchev–Trinajstić information content (AvgIpc) is 2.32. The van der Waals surface area contributed by atoms with Gasteiger partial charge in [0.15, 0.2) is 6.61 Å². The number of nitrogens with one attached hydrogen (secondary N) is 3. The van der Waals surface area contributed by atoms with E-state index >= 15 is 0 Å². The Morgan fingerprint density at radius 3 is 2.05 bits per heavy atom. The molecule has 3 N–H and O–H groups in total. The van der Waals surface area contributed by atoms with Crippen LogP contribution >= 0.6 is 0 Å². The minimum atomic E-state index is -0.763. The lowest BCUT2D eigenvalue weighted by Crippen LogP contribution is -2.38. The van der Waals surface area contributed by atoms with Crippen LogP contribution < -0.4 is 16.1 Å². The molecule has 0 atom stereocenters. The van der Waals surface area contributed by atoms with Crippen molar-refractivity contribution in [2.45, 2.75) is 39.7 Å². The number of carbonyl (C=O) groups excluding carboxylic acids is 3. The normalized spacial score (nSPS) is 10.6. The van der Waals surface area contributed by atoms with Crippen LogP contribution in [0.3, 0.4) is 0 Å². The highest BCUT2D eigenvalue weighted by molar-refractivity contribution is 5.78. The fourth-order valence-corrected chi connectivity index (χ4v) is 1.04. The molecule has 0 unspecified atom stereocenters. The monoisotopic (exact) mass is 289 g/mol. The van der Waals surface area contributed by atoms with Crippen LogP contribution in [-0.4, -0.2) is 43.2 Å². The molecule has 0 bridgehead atoms. The van der Waals surface area contributed by atoms with Crippen molar-refractivity contribution in [3.8, 4) is 0 Å². The van der Waals surface area contributed by atoms with Crippen LogP contribution in [0.2, 0.25) is 0 Å². The highest BCUT2D eigenvalue weighted by Crippen LogP contribution is 2.06. The van der Waals surface area contributed by atoms with Crippen molar-refractivity contribution in [3.05, 3.63) is 0 Å². The standard InChI is InChI=1S/C12H23N3O5/c1-5-9(16)13-6-7-14-10(17)8-19-15-11(18)20-12(2,3)4/h5-8H2,1-4H3,(H,13,16)(H,14,17)(H,15,18). The predicted octanol–water partition coefficient (Wildman–Crippen LogP) is 0.0851. The lowest BCUT2D eigenvalue weighted by Gasteiger charge is -2.19. The summed E-state index contributed by atoms with van der Waals surface area (Å²) < 4.78 is 4.90. The number of carbonyl (C=O) groups is 3. The molecule has 0 aliphatic carbocycles.